The van der Waals surface area contributed by atoms with Gasteiger partial charge in [0.1, 0.15) is 10.6 Å². The molecule has 3 aliphatic heterocycles. The Bertz CT molecular complexity index is 814. The van der Waals surface area contributed by atoms with Crippen LogP contribution in [0.1, 0.15) is 61.0 Å². The quantitative estimate of drug-likeness (QED) is 0.682. The first-order chi connectivity index (χ1) is 15.7. The van der Waals surface area contributed by atoms with Crippen molar-refractivity contribution in [3.8, 4) is 5.75 Å². The van der Waals surface area contributed by atoms with Crippen molar-refractivity contribution in [1.29, 1.82) is 0 Å². The summed E-state index contributed by atoms with van der Waals surface area (Å²) in [6, 6.07) is 3.10. The SMILES string of the molecule is COc1ccsc1C(=O)N1CCC(N2CCC(N3C(=O)OCC4CCCCC43)CC2)CC1. The fourth-order valence-electron chi connectivity index (χ4n) is 6.28. The number of ether oxygens (including phenoxy) is 2. The number of rotatable bonds is 4. The topological polar surface area (TPSA) is 62.3 Å². The molecule has 4 aliphatic rings. The molecule has 1 aromatic heterocycles. The first-order valence-electron chi connectivity index (χ1n) is 12.3. The molecule has 0 radical (unpaired) electrons. The molecule has 5 rings (SSSR count). The van der Waals surface area contributed by atoms with Gasteiger partial charge in [-0.25, -0.2) is 4.79 Å². The van der Waals surface area contributed by atoms with Crippen molar-refractivity contribution < 1.29 is 19.1 Å². The Kier molecular flexibility index (Phi) is 6.60. The lowest BCUT2D eigenvalue weighted by molar-refractivity contribution is -0.0406. The number of hydrogen-bond acceptors (Lipinski definition) is 6. The predicted molar refractivity (Wildman–Crippen MR) is 123 cm³/mol. The average Bonchev–Trinajstić information content (AvgIpc) is 3.33. The third-order valence-electron chi connectivity index (χ3n) is 8.06. The van der Waals surface area contributed by atoms with Gasteiger partial charge in [-0.15, -0.1) is 11.3 Å². The van der Waals surface area contributed by atoms with Crippen LogP contribution in [0, 0.1) is 5.92 Å². The molecule has 1 aromatic rings. The van der Waals surface area contributed by atoms with Gasteiger partial charge < -0.3 is 24.2 Å². The van der Waals surface area contributed by atoms with E-state index in [9.17, 15) is 9.59 Å². The smallest absolute Gasteiger partial charge is 0.410 e. The fourth-order valence-corrected chi connectivity index (χ4v) is 7.10. The Morgan fingerprint density at radius 2 is 1.75 bits per heavy atom. The standard InChI is InChI=1S/C24H35N3O4S/c1-30-21-10-15-32-22(21)23(28)26-13-6-18(7-14-26)25-11-8-19(9-12-25)27-20-5-3-2-4-17(20)16-31-24(27)29/h10,15,17-20H,2-9,11-14,16H2,1H3. The Morgan fingerprint density at radius 1 is 1.03 bits per heavy atom. The third kappa shape index (κ3) is 4.23. The third-order valence-corrected chi connectivity index (χ3v) is 8.95. The molecule has 4 fully saturated rings. The minimum atomic E-state index is -0.0811. The van der Waals surface area contributed by atoms with Crippen LogP contribution in [0.4, 0.5) is 4.79 Å². The van der Waals surface area contributed by atoms with E-state index in [2.05, 4.69) is 9.80 Å². The zero-order valence-electron chi connectivity index (χ0n) is 19.0. The molecule has 176 valence electrons. The number of piperidine rings is 2. The van der Waals surface area contributed by atoms with Crippen molar-refractivity contribution in [3.05, 3.63) is 16.3 Å². The van der Waals surface area contributed by atoms with Crippen LogP contribution in [0.2, 0.25) is 0 Å². The highest BCUT2D eigenvalue weighted by molar-refractivity contribution is 7.12. The maximum atomic E-state index is 12.9. The summed E-state index contributed by atoms with van der Waals surface area (Å²) in [6.07, 6.45) is 8.85. The molecule has 0 bridgehead atoms. The van der Waals surface area contributed by atoms with Gasteiger partial charge in [0.05, 0.1) is 13.7 Å². The van der Waals surface area contributed by atoms with E-state index in [1.807, 2.05) is 16.3 Å². The van der Waals surface area contributed by atoms with Crippen LogP contribution in [0.25, 0.3) is 0 Å². The Morgan fingerprint density at radius 3 is 2.50 bits per heavy atom. The van der Waals surface area contributed by atoms with Crippen molar-refractivity contribution in [2.75, 3.05) is 39.9 Å². The van der Waals surface area contributed by atoms with Gasteiger partial charge in [0, 0.05) is 50.2 Å². The number of nitrogens with zero attached hydrogens (tertiary/aromatic N) is 3. The Balaban J connectivity index is 1.13. The molecule has 2 amide bonds. The van der Waals surface area contributed by atoms with E-state index >= 15 is 0 Å². The molecule has 0 N–H and O–H groups in total. The molecule has 1 aliphatic carbocycles. The Labute approximate surface area is 194 Å². The molecule has 0 spiro atoms. The zero-order valence-corrected chi connectivity index (χ0v) is 19.9. The van der Waals surface area contributed by atoms with Gasteiger partial charge in [-0.3, -0.25) is 4.79 Å². The van der Waals surface area contributed by atoms with Gasteiger partial charge in [0.15, 0.2) is 0 Å². The number of fused-ring (bicyclic) bond motifs is 1. The van der Waals surface area contributed by atoms with Crippen LogP contribution in [-0.2, 0) is 4.74 Å². The largest absolute Gasteiger partial charge is 0.495 e. The summed E-state index contributed by atoms with van der Waals surface area (Å²) in [5, 5.41) is 1.91. The van der Waals surface area contributed by atoms with E-state index in [1.54, 1.807) is 7.11 Å². The maximum Gasteiger partial charge on any atom is 0.410 e. The molecule has 2 unspecified atom stereocenters. The van der Waals surface area contributed by atoms with E-state index in [0.29, 0.717) is 41.3 Å². The number of thiophene rings is 1. The van der Waals surface area contributed by atoms with Crippen molar-refractivity contribution in [2.24, 2.45) is 5.92 Å². The molecule has 2 atom stereocenters. The number of likely N-dealkylation sites (tertiary alicyclic amines) is 2. The minimum absolute atomic E-state index is 0.0811. The fraction of sp³-hybridized carbons (Fsp3) is 0.750. The van der Waals surface area contributed by atoms with E-state index < -0.39 is 0 Å². The second-order valence-electron chi connectivity index (χ2n) is 9.70. The number of methoxy groups -OCH3 is 1. The lowest BCUT2D eigenvalue weighted by Crippen LogP contribution is -2.59. The highest BCUT2D eigenvalue weighted by atomic mass is 32.1. The van der Waals surface area contributed by atoms with Crippen LogP contribution in [-0.4, -0.2) is 84.7 Å². The average molecular weight is 462 g/mol. The van der Waals surface area contributed by atoms with Crippen molar-refractivity contribution in [2.45, 2.75) is 69.5 Å². The summed E-state index contributed by atoms with van der Waals surface area (Å²) < 4.78 is 10.9. The zero-order chi connectivity index (χ0) is 22.1. The first kappa shape index (κ1) is 22.0. The summed E-state index contributed by atoms with van der Waals surface area (Å²) in [4.78, 5) is 32.9. The first-order valence-corrected chi connectivity index (χ1v) is 13.1. The summed E-state index contributed by atoms with van der Waals surface area (Å²) >= 11 is 1.46. The van der Waals surface area contributed by atoms with Crippen LogP contribution in [0.5, 0.6) is 5.75 Å². The predicted octanol–water partition coefficient (Wildman–Crippen LogP) is 3.84. The molecule has 1 saturated carbocycles. The Hall–Kier alpha value is -1.80. The highest BCUT2D eigenvalue weighted by Crippen LogP contribution is 2.36. The van der Waals surface area contributed by atoms with Crippen LogP contribution in [0.15, 0.2) is 11.4 Å². The molecular formula is C24H35N3O4S. The van der Waals surface area contributed by atoms with E-state index in [0.717, 1.165) is 58.3 Å². The van der Waals surface area contributed by atoms with E-state index in [-0.39, 0.29) is 12.0 Å². The van der Waals surface area contributed by atoms with Crippen LogP contribution in [0.3, 0.4) is 0 Å². The number of carbonyl (C=O) groups is 2. The molecule has 0 aromatic carbocycles. The highest BCUT2D eigenvalue weighted by Gasteiger charge is 2.43. The molecule has 8 heteroatoms. The van der Waals surface area contributed by atoms with Crippen molar-refractivity contribution in [3.63, 3.8) is 0 Å². The van der Waals surface area contributed by atoms with Gasteiger partial charge in [-0.2, -0.15) is 0 Å². The van der Waals surface area contributed by atoms with E-state index in [1.165, 1.54) is 30.6 Å². The van der Waals surface area contributed by atoms with Crippen molar-refractivity contribution >= 4 is 23.3 Å². The molecule has 7 nitrogen and oxygen atoms in total. The number of hydrogen-bond donors (Lipinski definition) is 0. The van der Waals surface area contributed by atoms with Gasteiger partial charge >= 0.3 is 6.09 Å². The lowest BCUT2D eigenvalue weighted by atomic mass is 9.82. The minimum Gasteiger partial charge on any atom is -0.495 e. The summed E-state index contributed by atoms with van der Waals surface area (Å²) in [7, 11) is 1.62. The van der Waals surface area contributed by atoms with Crippen molar-refractivity contribution in [1.82, 2.24) is 14.7 Å². The number of carbonyl (C=O) groups excluding carboxylic acids is 2. The second-order valence-corrected chi connectivity index (χ2v) is 10.6. The number of amides is 2. The van der Waals surface area contributed by atoms with Gasteiger partial charge in [0.2, 0.25) is 0 Å². The van der Waals surface area contributed by atoms with Crippen LogP contribution < -0.4 is 4.74 Å². The van der Waals surface area contributed by atoms with E-state index in [4.69, 9.17) is 9.47 Å². The summed E-state index contributed by atoms with van der Waals surface area (Å²) in [5.74, 6) is 1.31. The van der Waals surface area contributed by atoms with Crippen LogP contribution >= 0.6 is 11.3 Å². The maximum absolute atomic E-state index is 12.9. The monoisotopic (exact) mass is 461 g/mol. The molecular weight excluding hydrogens is 426 g/mol. The second kappa shape index (κ2) is 9.59. The van der Waals surface area contributed by atoms with Gasteiger partial charge in [-0.05, 0) is 50.0 Å². The normalized spacial score (nSPS) is 28.3. The summed E-state index contributed by atoms with van der Waals surface area (Å²) in [5.41, 5.74) is 0. The molecule has 3 saturated heterocycles. The lowest BCUT2D eigenvalue weighted by Gasteiger charge is -2.49. The molecule has 32 heavy (non-hydrogen) atoms. The summed E-state index contributed by atoms with van der Waals surface area (Å²) in [6.45, 7) is 4.28. The van der Waals surface area contributed by atoms with Gasteiger partial charge in [0.25, 0.3) is 5.91 Å². The van der Waals surface area contributed by atoms with Gasteiger partial charge in [-0.1, -0.05) is 12.8 Å². The molecule has 4 heterocycles. The number of cyclic esters (lactones) is 1.